The maximum absolute atomic E-state index is 11.2. The summed E-state index contributed by atoms with van der Waals surface area (Å²) in [7, 11) is 0. The van der Waals surface area contributed by atoms with Crippen LogP contribution < -0.4 is 4.74 Å². The van der Waals surface area contributed by atoms with Crippen LogP contribution in [0.3, 0.4) is 0 Å². The first-order valence-electron chi connectivity index (χ1n) is 9.02. The van der Waals surface area contributed by atoms with Crippen LogP contribution in [0.15, 0.2) is 66.7 Å². The number of aromatic hydroxyl groups is 2. The molecule has 1 unspecified atom stereocenters. The summed E-state index contributed by atoms with van der Waals surface area (Å²) in [6.45, 7) is 2.52. The Labute approximate surface area is 166 Å². The first kappa shape index (κ1) is 18.3. The first-order chi connectivity index (χ1) is 13.6. The van der Waals surface area contributed by atoms with Crippen LogP contribution in [0, 0.1) is 0 Å². The monoisotopic (exact) mass is 392 g/mol. The predicted molar refractivity (Wildman–Crippen MR) is 112 cm³/mol. The first-order valence-corrected chi connectivity index (χ1v) is 9.84. The molecule has 4 aromatic rings. The van der Waals surface area contributed by atoms with Crippen molar-refractivity contribution < 1.29 is 20.1 Å². The number of hydrogen-bond donors (Lipinski definition) is 3. The van der Waals surface area contributed by atoms with Gasteiger partial charge in [0, 0.05) is 15.1 Å². The number of rotatable bonds is 5. The van der Waals surface area contributed by atoms with Crippen molar-refractivity contribution in [3.8, 4) is 27.7 Å². The zero-order valence-electron chi connectivity index (χ0n) is 15.3. The molecule has 0 spiro atoms. The second-order valence-electron chi connectivity index (χ2n) is 6.48. The summed E-state index contributed by atoms with van der Waals surface area (Å²) >= 11 is 1.50. The van der Waals surface area contributed by atoms with Crippen molar-refractivity contribution in [1.82, 2.24) is 0 Å². The van der Waals surface area contributed by atoms with E-state index in [2.05, 4.69) is 0 Å². The zero-order valence-corrected chi connectivity index (χ0v) is 16.1. The molecule has 0 amide bonds. The van der Waals surface area contributed by atoms with Crippen LogP contribution in [-0.2, 0) is 0 Å². The molecule has 0 bridgehead atoms. The SMILES string of the molecule is CCOc1ccc(C(O)c2c(-c3ccc(O)cc3)sc3cc(O)ccc23)cc1. The Balaban J connectivity index is 1.86. The van der Waals surface area contributed by atoms with Gasteiger partial charge in [-0.05, 0) is 78.0 Å². The van der Waals surface area contributed by atoms with Crippen LogP contribution in [0.1, 0.15) is 24.2 Å². The van der Waals surface area contributed by atoms with Crippen LogP contribution in [-0.4, -0.2) is 21.9 Å². The van der Waals surface area contributed by atoms with Crippen molar-refractivity contribution in [2.24, 2.45) is 0 Å². The lowest BCUT2D eigenvalue weighted by atomic mass is 9.96. The standard InChI is InChI=1S/C23H20O4S/c1-2-27-18-10-5-14(6-11-18)22(26)21-19-12-9-17(25)13-20(19)28-23(21)15-3-7-16(24)8-4-15/h3-13,22,24-26H,2H2,1H3. The van der Waals surface area contributed by atoms with Gasteiger partial charge in [-0.25, -0.2) is 0 Å². The maximum atomic E-state index is 11.2. The average Bonchev–Trinajstić information content (AvgIpc) is 3.07. The van der Waals surface area contributed by atoms with E-state index >= 15 is 0 Å². The molecule has 5 heteroatoms. The highest BCUT2D eigenvalue weighted by Gasteiger charge is 2.22. The smallest absolute Gasteiger partial charge is 0.119 e. The number of ether oxygens (including phenoxy) is 1. The molecule has 1 aromatic heterocycles. The van der Waals surface area contributed by atoms with Gasteiger partial charge < -0.3 is 20.1 Å². The quantitative estimate of drug-likeness (QED) is 0.422. The lowest BCUT2D eigenvalue weighted by Crippen LogP contribution is -2.01. The molecule has 4 rings (SSSR count). The van der Waals surface area contributed by atoms with E-state index in [4.69, 9.17) is 4.74 Å². The fraction of sp³-hybridized carbons (Fsp3) is 0.130. The average molecular weight is 392 g/mol. The molecule has 0 saturated heterocycles. The Kier molecular flexibility index (Phi) is 4.94. The van der Waals surface area contributed by atoms with Gasteiger partial charge in [0.2, 0.25) is 0 Å². The van der Waals surface area contributed by atoms with Gasteiger partial charge >= 0.3 is 0 Å². The number of phenols is 2. The molecule has 0 aliphatic carbocycles. The van der Waals surface area contributed by atoms with Gasteiger partial charge in [-0.15, -0.1) is 11.3 Å². The normalized spacial score (nSPS) is 12.2. The lowest BCUT2D eigenvalue weighted by molar-refractivity contribution is 0.222. The fourth-order valence-corrected chi connectivity index (χ4v) is 4.56. The number of benzene rings is 3. The summed E-state index contributed by atoms with van der Waals surface area (Å²) in [5.74, 6) is 1.14. The van der Waals surface area contributed by atoms with Gasteiger partial charge in [-0.2, -0.15) is 0 Å². The Morgan fingerprint density at radius 3 is 2.25 bits per heavy atom. The summed E-state index contributed by atoms with van der Waals surface area (Å²) in [5.41, 5.74) is 2.45. The van der Waals surface area contributed by atoms with E-state index < -0.39 is 6.10 Å². The molecule has 1 atom stereocenters. The minimum Gasteiger partial charge on any atom is -0.508 e. The molecule has 0 saturated carbocycles. The fourth-order valence-electron chi connectivity index (χ4n) is 3.28. The summed E-state index contributed by atoms with van der Waals surface area (Å²) in [6, 6.07) is 19.5. The van der Waals surface area contributed by atoms with Crippen LogP contribution in [0.2, 0.25) is 0 Å². The van der Waals surface area contributed by atoms with Gasteiger partial charge in [0.25, 0.3) is 0 Å². The van der Waals surface area contributed by atoms with Gasteiger partial charge in [-0.1, -0.05) is 12.1 Å². The second-order valence-corrected chi connectivity index (χ2v) is 7.53. The van der Waals surface area contributed by atoms with Crippen LogP contribution >= 0.6 is 11.3 Å². The number of thiophene rings is 1. The molecule has 3 aromatic carbocycles. The number of phenolic OH excluding ortho intramolecular Hbond substituents is 2. The van der Waals surface area contributed by atoms with E-state index in [0.717, 1.165) is 37.4 Å². The van der Waals surface area contributed by atoms with Crippen molar-refractivity contribution in [2.45, 2.75) is 13.0 Å². The molecule has 0 fully saturated rings. The Hall–Kier alpha value is -3.02. The number of aliphatic hydroxyl groups excluding tert-OH is 1. The van der Waals surface area contributed by atoms with E-state index in [1.165, 1.54) is 11.3 Å². The summed E-state index contributed by atoms with van der Waals surface area (Å²) in [5, 5.41) is 31.6. The van der Waals surface area contributed by atoms with Crippen LogP contribution in [0.25, 0.3) is 20.5 Å². The molecule has 142 valence electrons. The summed E-state index contributed by atoms with van der Waals surface area (Å²) in [4.78, 5) is 0.905. The third kappa shape index (κ3) is 3.42. The summed E-state index contributed by atoms with van der Waals surface area (Å²) < 4.78 is 6.38. The van der Waals surface area contributed by atoms with Gasteiger partial charge in [0.1, 0.15) is 23.4 Å². The van der Waals surface area contributed by atoms with Gasteiger partial charge in [0.05, 0.1) is 6.61 Å². The third-order valence-electron chi connectivity index (χ3n) is 4.62. The molecule has 28 heavy (non-hydrogen) atoms. The van der Waals surface area contributed by atoms with Crippen LogP contribution in [0.5, 0.6) is 17.2 Å². The van der Waals surface area contributed by atoms with E-state index in [0.29, 0.717) is 6.61 Å². The highest BCUT2D eigenvalue weighted by Crippen LogP contribution is 2.44. The number of aliphatic hydroxyl groups is 1. The van der Waals surface area contributed by atoms with E-state index in [-0.39, 0.29) is 11.5 Å². The Bertz CT molecular complexity index is 1100. The highest BCUT2D eigenvalue weighted by molar-refractivity contribution is 7.22. The van der Waals surface area contributed by atoms with E-state index in [1.54, 1.807) is 24.3 Å². The molecule has 0 radical (unpaired) electrons. The Morgan fingerprint density at radius 1 is 0.893 bits per heavy atom. The van der Waals surface area contributed by atoms with Crippen molar-refractivity contribution in [3.05, 3.63) is 77.9 Å². The van der Waals surface area contributed by atoms with Crippen molar-refractivity contribution in [1.29, 1.82) is 0 Å². The molecular weight excluding hydrogens is 372 g/mol. The Morgan fingerprint density at radius 2 is 1.57 bits per heavy atom. The lowest BCUT2D eigenvalue weighted by Gasteiger charge is -2.14. The van der Waals surface area contributed by atoms with Crippen LogP contribution in [0.4, 0.5) is 0 Å². The molecule has 0 aliphatic rings. The molecule has 1 heterocycles. The molecule has 0 aliphatic heterocycles. The van der Waals surface area contributed by atoms with E-state index in [1.807, 2.05) is 49.4 Å². The third-order valence-corrected chi connectivity index (χ3v) is 5.84. The number of fused-ring (bicyclic) bond motifs is 1. The largest absolute Gasteiger partial charge is 0.508 e. The van der Waals surface area contributed by atoms with Crippen molar-refractivity contribution in [2.75, 3.05) is 6.61 Å². The second kappa shape index (κ2) is 7.54. The zero-order chi connectivity index (χ0) is 19.7. The van der Waals surface area contributed by atoms with Gasteiger partial charge in [0.15, 0.2) is 0 Å². The molecule has 4 nitrogen and oxygen atoms in total. The highest BCUT2D eigenvalue weighted by atomic mass is 32.1. The van der Waals surface area contributed by atoms with Crippen molar-refractivity contribution >= 4 is 21.4 Å². The predicted octanol–water partition coefficient (Wildman–Crippen LogP) is 5.46. The van der Waals surface area contributed by atoms with E-state index in [9.17, 15) is 15.3 Å². The summed E-state index contributed by atoms with van der Waals surface area (Å²) in [6.07, 6.45) is -0.835. The molecule has 3 N–H and O–H groups in total. The minimum absolute atomic E-state index is 0.188. The van der Waals surface area contributed by atoms with Gasteiger partial charge in [-0.3, -0.25) is 0 Å². The minimum atomic E-state index is -0.835. The van der Waals surface area contributed by atoms with Crippen molar-refractivity contribution in [3.63, 3.8) is 0 Å². The molecular formula is C23H20O4S. The number of hydrogen-bond acceptors (Lipinski definition) is 5. The maximum Gasteiger partial charge on any atom is 0.119 e. The topological polar surface area (TPSA) is 69.9 Å².